The molecule has 0 unspecified atom stereocenters. The van der Waals surface area contributed by atoms with Crippen LogP contribution in [-0.2, 0) is 0 Å². The summed E-state index contributed by atoms with van der Waals surface area (Å²) in [4.78, 5) is 37.4. The molecule has 1 aromatic rings. The number of rotatable bonds is 5. The van der Waals surface area contributed by atoms with E-state index in [1.165, 1.54) is 9.58 Å². The first kappa shape index (κ1) is 15.9. The molecule has 22 heavy (non-hydrogen) atoms. The van der Waals surface area contributed by atoms with Crippen molar-refractivity contribution in [3.8, 4) is 5.75 Å². The average molecular weight is 309 g/mol. The fourth-order valence-electron chi connectivity index (χ4n) is 2.27. The molecule has 0 spiro atoms. The van der Waals surface area contributed by atoms with Gasteiger partial charge in [0.05, 0.1) is 6.61 Å². The molecule has 1 aliphatic heterocycles. The molecule has 120 valence electrons. The lowest BCUT2D eigenvalue weighted by Gasteiger charge is -2.36. The molecule has 0 radical (unpaired) electrons. The molecule has 2 heterocycles. The third-order valence-electron chi connectivity index (χ3n) is 3.46. The maximum atomic E-state index is 12.4. The van der Waals surface area contributed by atoms with Gasteiger partial charge in [-0.3, -0.25) is 19.3 Å². The van der Waals surface area contributed by atoms with Crippen molar-refractivity contribution in [1.82, 2.24) is 9.58 Å². The van der Waals surface area contributed by atoms with Gasteiger partial charge in [0.1, 0.15) is 12.2 Å². The molecular formula is C14H19N3O5. The summed E-state index contributed by atoms with van der Waals surface area (Å²) in [5, 5.41) is 10.8. The lowest BCUT2D eigenvalue weighted by molar-refractivity contribution is 0.0682. The summed E-state index contributed by atoms with van der Waals surface area (Å²) in [7, 11) is 3.30. The van der Waals surface area contributed by atoms with Crippen molar-refractivity contribution in [3.63, 3.8) is 0 Å². The highest BCUT2D eigenvalue weighted by atomic mass is 16.5. The lowest BCUT2D eigenvalue weighted by Crippen LogP contribution is -2.51. The van der Waals surface area contributed by atoms with Crippen LogP contribution in [0.25, 0.3) is 0 Å². The number of carbonyl (C=O) groups is 2. The van der Waals surface area contributed by atoms with Crippen molar-refractivity contribution in [2.75, 3.05) is 32.4 Å². The minimum atomic E-state index is -1.35. The highest BCUT2D eigenvalue weighted by molar-refractivity contribution is 5.97. The summed E-state index contributed by atoms with van der Waals surface area (Å²) in [6.45, 7) is 2.50. The molecule has 0 saturated carbocycles. The standard InChI is InChI=1S/C14H19N3O5/c1-4-5-6-22-12-10-13(19)15(2)8-16(3)17(10)7-9(11(12)18)14(20)21/h7H,4-6,8H2,1-3H3,(H,20,21). The fourth-order valence-corrected chi connectivity index (χ4v) is 2.27. The predicted molar refractivity (Wildman–Crippen MR) is 79.2 cm³/mol. The van der Waals surface area contributed by atoms with Crippen molar-refractivity contribution in [1.29, 1.82) is 0 Å². The summed E-state index contributed by atoms with van der Waals surface area (Å²) in [6, 6.07) is 0. The van der Waals surface area contributed by atoms with Gasteiger partial charge in [-0.15, -0.1) is 0 Å². The Balaban J connectivity index is 2.64. The SMILES string of the molecule is CCCCOc1c2n(cc(C(=O)O)c1=O)N(C)CN(C)C2=O. The van der Waals surface area contributed by atoms with Crippen molar-refractivity contribution in [2.24, 2.45) is 0 Å². The molecule has 0 aromatic carbocycles. The van der Waals surface area contributed by atoms with Crippen molar-refractivity contribution < 1.29 is 19.4 Å². The Morgan fingerprint density at radius 1 is 1.36 bits per heavy atom. The Labute approximate surface area is 127 Å². The van der Waals surface area contributed by atoms with Gasteiger partial charge in [-0.05, 0) is 6.42 Å². The van der Waals surface area contributed by atoms with Gasteiger partial charge < -0.3 is 14.7 Å². The number of amides is 1. The van der Waals surface area contributed by atoms with Crippen LogP contribution in [0, 0.1) is 0 Å². The van der Waals surface area contributed by atoms with E-state index in [0.717, 1.165) is 12.6 Å². The zero-order valence-corrected chi connectivity index (χ0v) is 12.8. The number of aromatic nitrogens is 1. The third-order valence-corrected chi connectivity index (χ3v) is 3.46. The number of nitrogens with zero attached hydrogens (tertiary/aromatic N) is 3. The highest BCUT2D eigenvalue weighted by Gasteiger charge is 2.32. The zero-order valence-electron chi connectivity index (χ0n) is 12.8. The van der Waals surface area contributed by atoms with Crippen molar-refractivity contribution in [3.05, 3.63) is 27.7 Å². The number of carboxylic acid groups (broad SMARTS) is 1. The summed E-state index contributed by atoms with van der Waals surface area (Å²) in [6.07, 6.45) is 2.73. The maximum Gasteiger partial charge on any atom is 0.341 e. The number of carbonyl (C=O) groups excluding carboxylic acids is 1. The first-order valence-electron chi connectivity index (χ1n) is 7.01. The normalized spacial score (nSPS) is 14.0. The fraction of sp³-hybridized carbons (Fsp3) is 0.500. The minimum Gasteiger partial charge on any atom is -0.487 e. The molecule has 8 heteroatoms. The van der Waals surface area contributed by atoms with E-state index in [0.29, 0.717) is 6.42 Å². The number of unbranched alkanes of at least 4 members (excludes halogenated alkanes) is 1. The maximum absolute atomic E-state index is 12.4. The molecular weight excluding hydrogens is 290 g/mol. The third kappa shape index (κ3) is 2.63. The van der Waals surface area contributed by atoms with Crippen molar-refractivity contribution in [2.45, 2.75) is 19.8 Å². The van der Waals surface area contributed by atoms with Gasteiger partial charge in [0.2, 0.25) is 5.43 Å². The monoisotopic (exact) mass is 309 g/mol. The van der Waals surface area contributed by atoms with Gasteiger partial charge in [0.15, 0.2) is 11.4 Å². The predicted octanol–water partition coefficient (Wildman–Crippen LogP) is 0.336. The number of carboxylic acids is 1. The zero-order chi connectivity index (χ0) is 16.4. The van der Waals surface area contributed by atoms with Gasteiger partial charge in [-0.25, -0.2) is 4.79 Å². The molecule has 1 N–H and O–H groups in total. The second-order valence-corrected chi connectivity index (χ2v) is 5.20. The molecule has 0 bridgehead atoms. The second kappa shape index (κ2) is 6.08. The van der Waals surface area contributed by atoms with Crippen molar-refractivity contribution >= 4 is 11.9 Å². The minimum absolute atomic E-state index is 0.0577. The largest absolute Gasteiger partial charge is 0.487 e. The molecule has 2 rings (SSSR count). The van der Waals surface area contributed by atoms with E-state index in [-0.39, 0.29) is 30.6 Å². The van der Waals surface area contributed by atoms with Crippen LogP contribution in [0.1, 0.15) is 40.6 Å². The van der Waals surface area contributed by atoms with Crippen LogP contribution in [0.3, 0.4) is 0 Å². The highest BCUT2D eigenvalue weighted by Crippen LogP contribution is 2.21. The van der Waals surface area contributed by atoms with Crippen LogP contribution >= 0.6 is 0 Å². The van der Waals surface area contributed by atoms with Crippen LogP contribution < -0.4 is 15.2 Å². The number of pyridine rings is 1. The Morgan fingerprint density at radius 3 is 2.64 bits per heavy atom. The molecule has 8 nitrogen and oxygen atoms in total. The van der Waals surface area contributed by atoms with E-state index < -0.39 is 17.0 Å². The number of hydrogen-bond donors (Lipinski definition) is 1. The molecule has 0 aliphatic carbocycles. The first-order chi connectivity index (χ1) is 10.4. The molecule has 1 aliphatic rings. The van der Waals surface area contributed by atoms with E-state index >= 15 is 0 Å². The Hall–Kier alpha value is -2.51. The lowest BCUT2D eigenvalue weighted by atomic mass is 10.2. The average Bonchev–Trinajstić information content (AvgIpc) is 2.46. The van der Waals surface area contributed by atoms with E-state index in [1.54, 1.807) is 19.1 Å². The molecule has 0 atom stereocenters. The Morgan fingerprint density at radius 2 is 2.05 bits per heavy atom. The van der Waals surface area contributed by atoms with Gasteiger partial charge in [0, 0.05) is 20.3 Å². The number of hydrogen-bond acceptors (Lipinski definition) is 5. The Kier molecular flexibility index (Phi) is 4.39. The van der Waals surface area contributed by atoms with E-state index in [2.05, 4.69) is 0 Å². The molecule has 1 amide bonds. The van der Waals surface area contributed by atoms with Crippen LogP contribution in [0.5, 0.6) is 5.75 Å². The smallest absolute Gasteiger partial charge is 0.341 e. The quantitative estimate of drug-likeness (QED) is 0.788. The van der Waals surface area contributed by atoms with E-state index in [4.69, 9.17) is 4.74 Å². The number of fused-ring (bicyclic) bond motifs is 1. The van der Waals surface area contributed by atoms with Gasteiger partial charge in [0.25, 0.3) is 5.91 Å². The van der Waals surface area contributed by atoms with Gasteiger partial charge in [-0.1, -0.05) is 13.3 Å². The molecule has 1 aromatic heterocycles. The van der Waals surface area contributed by atoms with Crippen LogP contribution in [0.15, 0.2) is 11.0 Å². The van der Waals surface area contributed by atoms with Crippen LogP contribution in [-0.4, -0.2) is 53.9 Å². The molecule has 0 saturated heterocycles. The summed E-state index contributed by atoms with van der Waals surface area (Å²) in [5.41, 5.74) is -1.13. The van der Waals surface area contributed by atoms with Crippen LogP contribution in [0.2, 0.25) is 0 Å². The van der Waals surface area contributed by atoms with Gasteiger partial charge >= 0.3 is 5.97 Å². The number of ether oxygens (including phenoxy) is 1. The number of aromatic carboxylic acids is 1. The summed E-state index contributed by atoms with van der Waals surface area (Å²) in [5.74, 6) is -1.92. The summed E-state index contributed by atoms with van der Waals surface area (Å²) < 4.78 is 6.83. The van der Waals surface area contributed by atoms with E-state index in [9.17, 15) is 19.5 Å². The second-order valence-electron chi connectivity index (χ2n) is 5.20. The van der Waals surface area contributed by atoms with E-state index in [1.807, 2.05) is 6.92 Å². The molecule has 0 fully saturated rings. The van der Waals surface area contributed by atoms with Crippen LogP contribution in [0.4, 0.5) is 0 Å². The topological polar surface area (TPSA) is 92.1 Å². The van der Waals surface area contributed by atoms with Gasteiger partial charge in [-0.2, -0.15) is 0 Å². The Bertz CT molecular complexity index is 667. The first-order valence-corrected chi connectivity index (χ1v) is 7.01. The summed E-state index contributed by atoms with van der Waals surface area (Å²) >= 11 is 0.